The molecule has 2 heterocycles. The van der Waals surface area contributed by atoms with E-state index in [4.69, 9.17) is 4.74 Å². The first-order chi connectivity index (χ1) is 10.5. The number of carbonyl (C=O) groups is 2. The smallest absolute Gasteiger partial charge is 0.278 e. The van der Waals surface area contributed by atoms with Gasteiger partial charge in [0.1, 0.15) is 5.75 Å². The minimum absolute atomic E-state index is 0.467. The molecule has 1 aromatic heterocycles. The summed E-state index contributed by atoms with van der Waals surface area (Å²) in [6.45, 7) is 3.35. The lowest BCUT2D eigenvalue weighted by Crippen LogP contribution is -2.56. The van der Waals surface area contributed by atoms with Gasteiger partial charge in [0.15, 0.2) is 0 Å². The van der Waals surface area contributed by atoms with Gasteiger partial charge in [-0.25, -0.2) is 0 Å². The molecular weight excluding hydrogens is 282 g/mol. The average Bonchev–Trinajstić information content (AvgIpc) is 2.50. The van der Waals surface area contributed by atoms with E-state index in [9.17, 15) is 9.59 Å². The van der Waals surface area contributed by atoms with Crippen LogP contribution in [-0.4, -0.2) is 22.4 Å². The quantitative estimate of drug-likeness (QED) is 0.832. The number of nitrogens with zero attached hydrogens (tertiary/aromatic N) is 1. The number of aryl methyl sites for hydroxylation is 1. The third-order valence-corrected chi connectivity index (χ3v) is 3.48. The number of carbonyl (C=O) groups excluding carboxylic acids is 2. The molecule has 0 fully saturated rings. The molecule has 2 aromatic rings. The molecule has 1 aliphatic heterocycles. The maximum absolute atomic E-state index is 12.5. The Morgan fingerprint density at radius 3 is 2.91 bits per heavy atom. The minimum atomic E-state index is -1.64. The Balaban J connectivity index is 1.88. The first-order valence-corrected chi connectivity index (χ1v) is 6.81. The van der Waals surface area contributed by atoms with Crippen LogP contribution in [0.25, 0.3) is 0 Å². The molecule has 0 radical (unpaired) electrons. The van der Waals surface area contributed by atoms with E-state index in [1.807, 2.05) is 13.0 Å². The lowest BCUT2D eigenvalue weighted by Gasteiger charge is -2.33. The van der Waals surface area contributed by atoms with Crippen LogP contribution >= 0.6 is 0 Å². The summed E-state index contributed by atoms with van der Waals surface area (Å²) >= 11 is 0. The Hall–Kier alpha value is -2.89. The number of pyridine rings is 1. The summed E-state index contributed by atoms with van der Waals surface area (Å²) in [7, 11) is 0. The summed E-state index contributed by atoms with van der Waals surface area (Å²) in [5.74, 6) is -0.592. The Morgan fingerprint density at radius 2 is 2.18 bits per heavy atom. The number of hydrogen-bond donors (Lipinski definition) is 2. The van der Waals surface area contributed by atoms with Gasteiger partial charge in [-0.05, 0) is 43.7 Å². The van der Waals surface area contributed by atoms with Gasteiger partial charge in [-0.1, -0.05) is 6.07 Å². The highest BCUT2D eigenvalue weighted by atomic mass is 16.5. The number of nitrogens with one attached hydrogen (secondary N) is 2. The van der Waals surface area contributed by atoms with E-state index in [0.717, 1.165) is 5.56 Å². The summed E-state index contributed by atoms with van der Waals surface area (Å²) in [5.41, 5.74) is 0.417. The van der Waals surface area contributed by atoms with Crippen molar-refractivity contribution in [1.82, 2.24) is 4.98 Å². The molecule has 1 aromatic carbocycles. The fraction of sp³-hybridized carbons (Fsp3) is 0.188. The van der Waals surface area contributed by atoms with Crippen LogP contribution in [0.2, 0.25) is 0 Å². The summed E-state index contributed by atoms with van der Waals surface area (Å²) in [6.07, 6.45) is 3.10. The van der Waals surface area contributed by atoms with Crippen LogP contribution in [0.3, 0.4) is 0 Å². The predicted molar refractivity (Wildman–Crippen MR) is 81.7 cm³/mol. The zero-order valence-corrected chi connectivity index (χ0v) is 12.2. The van der Waals surface area contributed by atoms with E-state index in [1.165, 1.54) is 13.1 Å². The van der Waals surface area contributed by atoms with Crippen LogP contribution in [0.5, 0.6) is 5.75 Å². The SMILES string of the molecule is Cc1ccc2c(c1)NC(=O)C(C)(C(=O)Nc1cccnc1)O2. The molecule has 0 spiro atoms. The van der Waals surface area contributed by atoms with Crippen LogP contribution in [0.4, 0.5) is 11.4 Å². The first-order valence-electron chi connectivity index (χ1n) is 6.81. The van der Waals surface area contributed by atoms with Gasteiger partial charge in [-0.3, -0.25) is 14.6 Å². The largest absolute Gasteiger partial charge is 0.466 e. The maximum Gasteiger partial charge on any atom is 0.278 e. The van der Waals surface area contributed by atoms with E-state index >= 15 is 0 Å². The van der Waals surface area contributed by atoms with E-state index in [1.54, 1.807) is 30.5 Å². The molecule has 1 atom stereocenters. The minimum Gasteiger partial charge on any atom is -0.466 e. The monoisotopic (exact) mass is 297 g/mol. The highest BCUT2D eigenvalue weighted by Gasteiger charge is 2.47. The van der Waals surface area contributed by atoms with Crippen molar-refractivity contribution in [3.05, 3.63) is 48.3 Å². The third kappa shape index (κ3) is 2.39. The Morgan fingerprint density at radius 1 is 1.36 bits per heavy atom. The van der Waals surface area contributed by atoms with Crippen molar-refractivity contribution in [2.45, 2.75) is 19.4 Å². The van der Waals surface area contributed by atoms with Gasteiger partial charge >= 0.3 is 0 Å². The summed E-state index contributed by atoms with van der Waals surface area (Å²) in [5, 5.41) is 5.36. The summed E-state index contributed by atoms with van der Waals surface area (Å²) < 4.78 is 5.68. The van der Waals surface area contributed by atoms with E-state index in [-0.39, 0.29) is 0 Å². The highest BCUT2D eigenvalue weighted by molar-refractivity contribution is 6.18. The van der Waals surface area contributed by atoms with Crippen LogP contribution < -0.4 is 15.4 Å². The molecule has 6 heteroatoms. The molecule has 112 valence electrons. The number of ether oxygens (including phenoxy) is 1. The number of hydrogen-bond acceptors (Lipinski definition) is 4. The number of fused-ring (bicyclic) bond motifs is 1. The molecule has 0 aliphatic carbocycles. The van der Waals surface area contributed by atoms with Crippen molar-refractivity contribution in [3.63, 3.8) is 0 Å². The Kier molecular flexibility index (Phi) is 3.29. The number of amides is 2. The second kappa shape index (κ2) is 5.14. The van der Waals surface area contributed by atoms with Crippen molar-refractivity contribution in [2.24, 2.45) is 0 Å². The summed E-state index contributed by atoms with van der Waals surface area (Å²) in [6, 6.07) is 8.77. The van der Waals surface area contributed by atoms with Gasteiger partial charge in [0, 0.05) is 6.20 Å². The van der Waals surface area contributed by atoms with Crippen LogP contribution in [-0.2, 0) is 9.59 Å². The number of benzene rings is 1. The Labute approximate surface area is 127 Å². The van der Waals surface area contributed by atoms with E-state index in [0.29, 0.717) is 17.1 Å². The van der Waals surface area contributed by atoms with Gasteiger partial charge < -0.3 is 15.4 Å². The zero-order chi connectivity index (χ0) is 15.7. The van der Waals surface area contributed by atoms with Gasteiger partial charge in [-0.2, -0.15) is 0 Å². The van der Waals surface area contributed by atoms with Crippen molar-refractivity contribution in [3.8, 4) is 5.75 Å². The average molecular weight is 297 g/mol. The first kappa shape index (κ1) is 14.1. The van der Waals surface area contributed by atoms with Crippen LogP contribution in [0.15, 0.2) is 42.7 Å². The lowest BCUT2D eigenvalue weighted by molar-refractivity contribution is -0.143. The van der Waals surface area contributed by atoms with Crippen molar-refractivity contribution >= 4 is 23.2 Å². The molecule has 3 rings (SSSR count). The lowest BCUT2D eigenvalue weighted by atomic mass is 10.0. The fourth-order valence-corrected chi connectivity index (χ4v) is 2.17. The normalized spacial score (nSPS) is 19.6. The van der Waals surface area contributed by atoms with Crippen LogP contribution in [0, 0.1) is 6.92 Å². The molecule has 6 nitrogen and oxygen atoms in total. The topological polar surface area (TPSA) is 80.3 Å². The van der Waals surface area contributed by atoms with Gasteiger partial charge in [-0.15, -0.1) is 0 Å². The van der Waals surface area contributed by atoms with E-state index in [2.05, 4.69) is 15.6 Å². The second-order valence-corrected chi connectivity index (χ2v) is 5.28. The molecule has 0 bridgehead atoms. The van der Waals surface area contributed by atoms with Gasteiger partial charge in [0.25, 0.3) is 17.4 Å². The number of aromatic nitrogens is 1. The van der Waals surface area contributed by atoms with Gasteiger partial charge in [0.05, 0.1) is 17.6 Å². The van der Waals surface area contributed by atoms with Crippen molar-refractivity contribution in [2.75, 3.05) is 10.6 Å². The van der Waals surface area contributed by atoms with Crippen molar-refractivity contribution in [1.29, 1.82) is 0 Å². The molecule has 0 saturated heterocycles. The zero-order valence-electron chi connectivity index (χ0n) is 12.2. The third-order valence-electron chi connectivity index (χ3n) is 3.48. The predicted octanol–water partition coefficient (Wildman–Crippen LogP) is 2.12. The van der Waals surface area contributed by atoms with Crippen LogP contribution in [0.1, 0.15) is 12.5 Å². The molecular formula is C16H15N3O3. The standard InChI is InChI=1S/C16H15N3O3/c1-10-5-6-13-12(8-10)19-15(21)16(2,22-13)14(20)18-11-4-3-7-17-9-11/h3-9H,1-2H3,(H,18,20)(H,19,21). The molecule has 0 saturated carbocycles. The maximum atomic E-state index is 12.5. The van der Waals surface area contributed by atoms with E-state index < -0.39 is 17.4 Å². The number of anilines is 2. The molecule has 1 aliphatic rings. The fourth-order valence-electron chi connectivity index (χ4n) is 2.17. The molecule has 2 amide bonds. The number of rotatable bonds is 2. The molecule has 22 heavy (non-hydrogen) atoms. The Bertz CT molecular complexity index is 746. The molecule has 2 N–H and O–H groups in total. The highest BCUT2D eigenvalue weighted by Crippen LogP contribution is 2.34. The second-order valence-electron chi connectivity index (χ2n) is 5.28. The van der Waals surface area contributed by atoms with Gasteiger partial charge in [0.2, 0.25) is 0 Å². The summed E-state index contributed by atoms with van der Waals surface area (Å²) in [4.78, 5) is 28.7. The van der Waals surface area contributed by atoms with Crippen molar-refractivity contribution < 1.29 is 14.3 Å². The molecule has 1 unspecified atom stereocenters.